The van der Waals surface area contributed by atoms with Crippen LogP contribution in [0.4, 0.5) is 0 Å². The molecule has 2 aliphatic heterocycles. The van der Waals surface area contributed by atoms with E-state index < -0.39 is 0 Å². The van der Waals surface area contributed by atoms with Gasteiger partial charge < -0.3 is 25.2 Å². The summed E-state index contributed by atoms with van der Waals surface area (Å²) in [6, 6.07) is 9.81. The Morgan fingerprint density at radius 2 is 1.97 bits per heavy atom. The number of nitrogens with zero attached hydrogens (tertiary/aromatic N) is 3. The Balaban J connectivity index is 1.94. The second-order valence-electron chi connectivity index (χ2n) is 8.04. The molecule has 0 aliphatic carbocycles. The number of hydrogen-bond donors (Lipinski definition) is 2. The number of amidine groups is 1. The lowest BCUT2D eigenvalue weighted by molar-refractivity contribution is -0.126. The van der Waals surface area contributed by atoms with Crippen LogP contribution in [0.15, 0.2) is 77.8 Å². The largest absolute Gasteiger partial charge is 0.404 e. The summed E-state index contributed by atoms with van der Waals surface area (Å²) in [5.41, 5.74) is 9.12. The minimum absolute atomic E-state index is 0.0456. The molecule has 32 heavy (non-hydrogen) atoms. The number of benzene rings is 1. The van der Waals surface area contributed by atoms with E-state index in [4.69, 9.17) is 15.9 Å². The molecule has 1 amide bonds. The van der Waals surface area contributed by atoms with Crippen LogP contribution in [0, 0.1) is 5.41 Å². The molecule has 0 spiro atoms. The van der Waals surface area contributed by atoms with E-state index in [2.05, 4.69) is 4.90 Å². The van der Waals surface area contributed by atoms with E-state index >= 15 is 0 Å². The monoisotopic (exact) mass is 435 g/mol. The molecule has 2 heterocycles. The van der Waals surface area contributed by atoms with Crippen LogP contribution in [0.25, 0.3) is 0 Å². The summed E-state index contributed by atoms with van der Waals surface area (Å²) in [5.74, 6) is 0.236. The predicted octanol–water partition coefficient (Wildman–Crippen LogP) is 2.85. The maximum absolute atomic E-state index is 13.6. The van der Waals surface area contributed by atoms with Crippen molar-refractivity contribution in [1.29, 1.82) is 5.41 Å². The number of carbonyl (C=O) groups excluding carboxylic acids is 1. The predicted molar refractivity (Wildman–Crippen MR) is 128 cm³/mol. The normalized spacial score (nSPS) is 20.7. The van der Waals surface area contributed by atoms with Crippen molar-refractivity contribution < 1.29 is 9.53 Å². The minimum atomic E-state index is -0.156. The van der Waals surface area contributed by atoms with Crippen LogP contribution in [0.1, 0.15) is 19.4 Å². The quantitative estimate of drug-likeness (QED) is 0.408. The van der Waals surface area contributed by atoms with Crippen LogP contribution in [0.3, 0.4) is 0 Å². The molecule has 1 saturated heterocycles. The van der Waals surface area contributed by atoms with E-state index in [0.29, 0.717) is 25.3 Å². The van der Waals surface area contributed by atoms with Crippen LogP contribution in [-0.4, -0.2) is 65.8 Å². The first-order valence-corrected chi connectivity index (χ1v) is 10.9. The van der Waals surface area contributed by atoms with Gasteiger partial charge in [-0.15, -0.1) is 0 Å². The van der Waals surface area contributed by atoms with Crippen molar-refractivity contribution in [3.05, 3.63) is 83.4 Å². The van der Waals surface area contributed by atoms with Crippen molar-refractivity contribution in [1.82, 2.24) is 14.7 Å². The van der Waals surface area contributed by atoms with Gasteiger partial charge in [0, 0.05) is 44.2 Å². The Kier molecular flexibility index (Phi) is 7.89. The lowest BCUT2D eigenvalue weighted by Gasteiger charge is -2.30. The van der Waals surface area contributed by atoms with E-state index in [1.807, 2.05) is 69.6 Å². The van der Waals surface area contributed by atoms with Gasteiger partial charge in [0.1, 0.15) is 5.84 Å². The van der Waals surface area contributed by atoms with Crippen molar-refractivity contribution in [3.63, 3.8) is 0 Å². The number of morpholine rings is 1. The van der Waals surface area contributed by atoms with Gasteiger partial charge in [-0.1, -0.05) is 30.3 Å². The van der Waals surface area contributed by atoms with Crippen molar-refractivity contribution in [2.24, 2.45) is 5.73 Å². The molecular weight excluding hydrogens is 402 g/mol. The van der Waals surface area contributed by atoms with E-state index in [0.717, 1.165) is 29.9 Å². The van der Waals surface area contributed by atoms with Gasteiger partial charge in [0.05, 0.1) is 19.3 Å². The molecule has 1 unspecified atom stereocenters. The fraction of sp³-hybridized carbons (Fsp3) is 0.360. The summed E-state index contributed by atoms with van der Waals surface area (Å²) in [5, 5.41) is 8.24. The first kappa shape index (κ1) is 23.3. The number of allylic oxidation sites excluding steroid dienone is 1. The van der Waals surface area contributed by atoms with E-state index in [1.54, 1.807) is 15.9 Å². The fourth-order valence-corrected chi connectivity index (χ4v) is 3.98. The summed E-state index contributed by atoms with van der Waals surface area (Å²) < 4.78 is 5.47. The highest BCUT2D eigenvalue weighted by Crippen LogP contribution is 2.27. The summed E-state index contributed by atoms with van der Waals surface area (Å²) in [6.45, 7) is 7.55. The number of likely N-dealkylation sites (N-methyl/N-ethyl adjacent to an activating group) is 1. The van der Waals surface area contributed by atoms with Crippen LogP contribution < -0.4 is 5.73 Å². The second-order valence-corrected chi connectivity index (χ2v) is 8.04. The molecule has 1 aromatic carbocycles. The summed E-state index contributed by atoms with van der Waals surface area (Å²) in [4.78, 5) is 19.4. The number of hydrogen-bond acceptors (Lipinski definition) is 5. The van der Waals surface area contributed by atoms with E-state index in [-0.39, 0.29) is 17.8 Å². The van der Waals surface area contributed by atoms with Crippen LogP contribution in [0.5, 0.6) is 0 Å². The smallest absolute Gasteiger partial charge is 0.254 e. The third-order valence-electron chi connectivity index (χ3n) is 5.83. The van der Waals surface area contributed by atoms with Gasteiger partial charge in [0.15, 0.2) is 0 Å². The third-order valence-corrected chi connectivity index (χ3v) is 5.83. The average molecular weight is 436 g/mol. The third kappa shape index (κ3) is 5.48. The van der Waals surface area contributed by atoms with Crippen LogP contribution in [-0.2, 0) is 16.1 Å². The molecule has 1 aromatic rings. The number of amides is 1. The Hall–Kier alpha value is -3.32. The Morgan fingerprint density at radius 3 is 2.62 bits per heavy atom. The van der Waals surface area contributed by atoms with E-state index in [9.17, 15) is 4.79 Å². The highest BCUT2D eigenvalue weighted by atomic mass is 16.5. The number of ether oxygens (including phenoxy) is 1. The molecule has 2 aliphatic rings. The standard InChI is InChI=1S/C25H33N5O2/c1-19(29-13-15-32-16-14-29)17-23(22-10-12-30(20(22)2)24(27)9-11-26)25(31)28(3)18-21-7-5-4-6-8-21/h4-12,17,20,27H,13-16,18,26H2,1-3H3/b11-9-,19-17+,23-22+,27-24?. The Labute approximate surface area is 190 Å². The van der Waals surface area contributed by atoms with Crippen molar-refractivity contribution in [3.8, 4) is 0 Å². The van der Waals surface area contributed by atoms with Gasteiger partial charge in [0.25, 0.3) is 5.91 Å². The molecule has 1 atom stereocenters. The summed E-state index contributed by atoms with van der Waals surface area (Å²) in [6.07, 6.45) is 8.65. The molecule has 0 bridgehead atoms. The number of carbonyl (C=O) groups is 1. The van der Waals surface area contributed by atoms with Crippen LogP contribution >= 0.6 is 0 Å². The molecule has 7 heteroatoms. The van der Waals surface area contributed by atoms with Gasteiger partial charge >= 0.3 is 0 Å². The molecule has 1 fully saturated rings. The topological polar surface area (TPSA) is 85.9 Å². The maximum Gasteiger partial charge on any atom is 0.254 e. The van der Waals surface area contributed by atoms with E-state index in [1.165, 1.54) is 6.20 Å². The highest BCUT2D eigenvalue weighted by Gasteiger charge is 2.28. The molecule has 7 nitrogen and oxygen atoms in total. The highest BCUT2D eigenvalue weighted by molar-refractivity contribution is 5.99. The molecule has 3 N–H and O–H groups in total. The Bertz CT molecular complexity index is 942. The second kappa shape index (κ2) is 10.8. The first-order valence-electron chi connectivity index (χ1n) is 10.9. The summed E-state index contributed by atoms with van der Waals surface area (Å²) in [7, 11) is 1.83. The summed E-state index contributed by atoms with van der Waals surface area (Å²) >= 11 is 0. The molecule has 0 saturated carbocycles. The zero-order valence-electron chi connectivity index (χ0n) is 19.1. The SMILES string of the molecule is C/C(=C\C(C(=O)N(C)Cc1ccccc1)=C1\C=CN(C(=N)/C=C\N)C1C)N1CCOCC1. The zero-order chi connectivity index (χ0) is 23.1. The average Bonchev–Trinajstić information content (AvgIpc) is 3.19. The molecule has 0 aromatic heterocycles. The number of nitrogens with two attached hydrogens (primary N) is 1. The zero-order valence-corrected chi connectivity index (χ0v) is 19.1. The first-order chi connectivity index (χ1) is 15.4. The molecule has 170 valence electrons. The lowest BCUT2D eigenvalue weighted by Crippen LogP contribution is -2.36. The van der Waals surface area contributed by atoms with Crippen molar-refractivity contribution in [2.45, 2.75) is 26.4 Å². The van der Waals surface area contributed by atoms with Gasteiger partial charge in [-0.05, 0) is 49.4 Å². The number of nitrogens with one attached hydrogen (secondary N) is 1. The van der Waals surface area contributed by atoms with Crippen molar-refractivity contribution >= 4 is 11.7 Å². The molecular formula is C25H33N5O2. The molecule has 3 rings (SSSR count). The van der Waals surface area contributed by atoms with Gasteiger partial charge in [-0.2, -0.15) is 0 Å². The lowest BCUT2D eigenvalue weighted by atomic mass is 10.00. The van der Waals surface area contributed by atoms with Crippen LogP contribution in [0.2, 0.25) is 0 Å². The fourth-order valence-electron chi connectivity index (χ4n) is 3.98. The Morgan fingerprint density at radius 1 is 1.28 bits per heavy atom. The van der Waals surface area contributed by atoms with Gasteiger partial charge in [-0.3, -0.25) is 10.2 Å². The number of rotatable bonds is 6. The van der Waals surface area contributed by atoms with Gasteiger partial charge in [-0.25, -0.2) is 0 Å². The maximum atomic E-state index is 13.6. The van der Waals surface area contributed by atoms with Gasteiger partial charge in [0.2, 0.25) is 0 Å². The molecule has 0 radical (unpaired) electrons. The minimum Gasteiger partial charge on any atom is -0.404 e. The van der Waals surface area contributed by atoms with Crippen molar-refractivity contribution in [2.75, 3.05) is 33.4 Å².